The van der Waals surface area contributed by atoms with E-state index >= 15 is 0 Å². The van der Waals surface area contributed by atoms with Gasteiger partial charge in [0.1, 0.15) is 10.6 Å². The lowest BCUT2D eigenvalue weighted by Crippen LogP contribution is -2.48. The monoisotopic (exact) mass is 396 g/mol. The summed E-state index contributed by atoms with van der Waals surface area (Å²) in [5.41, 5.74) is 1.04. The van der Waals surface area contributed by atoms with Crippen LogP contribution in [0.15, 0.2) is 41.4 Å². The Labute approximate surface area is 158 Å². The third-order valence-electron chi connectivity index (χ3n) is 4.50. The first-order chi connectivity index (χ1) is 12.4. The lowest BCUT2D eigenvalue weighted by molar-refractivity contribution is 0.0955. The molecule has 2 heterocycles. The van der Waals surface area contributed by atoms with Gasteiger partial charge in [0.25, 0.3) is 5.91 Å². The molecular formula is C17H21ClN4O3S. The number of aromatic nitrogens is 1. The second-order valence-corrected chi connectivity index (χ2v) is 8.41. The van der Waals surface area contributed by atoms with Gasteiger partial charge in [-0.05, 0) is 17.7 Å². The summed E-state index contributed by atoms with van der Waals surface area (Å²) in [6.07, 6.45) is 1.46. The molecule has 0 saturated carbocycles. The number of hydrogen-bond donors (Lipinski definition) is 2. The summed E-state index contributed by atoms with van der Waals surface area (Å²) in [5.74, 6) is -0.336. The maximum atomic E-state index is 13.3. The number of aryl methyl sites for hydroxylation is 1. The van der Waals surface area contributed by atoms with Crippen LogP contribution in [0.25, 0.3) is 0 Å². The van der Waals surface area contributed by atoms with Gasteiger partial charge in [-0.15, -0.1) is 0 Å². The van der Waals surface area contributed by atoms with Crippen LogP contribution in [-0.2, 0) is 17.1 Å². The molecule has 1 saturated heterocycles. The highest BCUT2D eigenvalue weighted by molar-refractivity contribution is 7.89. The van der Waals surface area contributed by atoms with E-state index in [2.05, 4.69) is 10.6 Å². The predicted molar refractivity (Wildman–Crippen MR) is 99.8 cm³/mol. The molecular weight excluding hydrogens is 376 g/mol. The van der Waals surface area contributed by atoms with Crippen LogP contribution >= 0.6 is 11.6 Å². The van der Waals surface area contributed by atoms with Crippen LogP contribution in [0.3, 0.4) is 0 Å². The largest absolute Gasteiger partial charge is 0.354 e. The normalized spacial score (nSPS) is 18.7. The number of rotatable bonds is 4. The molecule has 2 N–H and O–H groups in total. The molecule has 1 aliphatic rings. The van der Waals surface area contributed by atoms with Gasteiger partial charge in [0.05, 0.1) is 6.04 Å². The second-order valence-electron chi connectivity index (χ2n) is 6.11. The van der Waals surface area contributed by atoms with Crippen molar-refractivity contribution in [3.8, 4) is 0 Å². The average Bonchev–Trinajstić information content (AvgIpc) is 3.04. The Balaban J connectivity index is 2.02. The Morgan fingerprint density at radius 2 is 2.08 bits per heavy atom. The quantitative estimate of drug-likeness (QED) is 0.817. The van der Waals surface area contributed by atoms with Gasteiger partial charge >= 0.3 is 0 Å². The Morgan fingerprint density at radius 3 is 2.77 bits per heavy atom. The van der Waals surface area contributed by atoms with Crippen LogP contribution in [0.1, 0.15) is 22.1 Å². The third kappa shape index (κ3) is 3.37. The molecule has 0 spiro atoms. The molecule has 9 heteroatoms. The molecule has 1 fully saturated rings. The summed E-state index contributed by atoms with van der Waals surface area (Å²) in [6.45, 7) is 1.34. The minimum atomic E-state index is -3.79. The Hall–Kier alpha value is -1.87. The fourth-order valence-electron chi connectivity index (χ4n) is 3.15. The van der Waals surface area contributed by atoms with Crippen molar-refractivity contribution >= 4 is 27.5 Å². The van der Waals surface area contributed by atoms with Crippen LogP contribution in [0.5, 0.6) is 0 Å². The van der Waals surface area contributed by atoms with Crippen LogP contribution in [0.4, 0.5) is 0 Å². The number of piperazine rings is 1. The lowest BCUT2D eigenvalue weighted by Gasteiger charge is -2.35. The van der Waals surface area contributed by atoms with Gasteiger partial charge in [0.2, 0.25) is 10.0 Å². The minimum absolute atomic E-state index is 0.0950. The zero-order valence-electron chi connectivity index (χ0n) is 14.6. The van der Waals surface area contributed by atoms with Gasteiger partial charge in [-0.2, -0.15) is 4.31 Å². The van der Waals surface area contributed by atoms with Crippen molar-refractivity contribution in [1.29, 1.82) is 0 Å². The number of carbonyl (C=O) groups excluding carboxylic acids is 1. The summed E-state index contributed by atoms with van der Waals surface area (Å²) >= 11 is 6.30. The first kappa shape index (κ1) is 18.9. The fourth-order valence-corrected chi connectivity index (χ4v) is 5.09. The zero-order chi connectivity index (χ0) is 18.9. The van der Waals surface area contributed by atoms with E-state index < -0.39 is 16.1 Å². The molecule has 3 rings (SSSR count). The molecule has 7 nitrogen and oxygen atoms in total. The average molecular weight is 397 g/mol. The van der Waals surface area contributed by atoms with E-state index in [9.17, 15) is 13.2 Å². The topological polar surface area (TPSA) is 83.4 Å². The zero-order valence-corrected chi connectivity index (χ0v) is 16.1. The summed E-state index contributed by atoms with van der Waals surface area (Å²) < 4.78 is 29.5. The molecule has 1 atom stereocenters. The third-order valence-corrected chi connectivity index (χ3v) is 6.72. The van der Waals surface area contributed by atoms with Crippen molar-refractivity contribution in [3.05, 3.63) is 52.8 Å². The number of carbonyl (C=O) groups is 1. The summed E-state index contributed by atoms with van der Waals surface area (Å²) in [5, 5.41) is 6.27. The number of benzene rings is 1. The molecule has 140 valence electrons. The Bertz CT molecular complexity index is 926. The number of sulfonamides is 1. The second kappa shape index (κ2) is 7.40. The lowest BCUT2D eigenvalue weighted by atomic mass is 10.1. The van der Waals surface area contributed by atoms with E-state index in [1.807, 2.05) is 18.2 Å². The highest BCUT2D eigenvalue weighted by Gasteiger charge is 2.36. The number of hydrogen-bond acceptors (Lipinski definition) is 4. The van der Waals surface area contributed by atoms with E-state index in [-0.39, 0.29) is 16.5 Å². The fraction of sp³-hybridized carbons (Fsp3) is 0.353. The van der Waals surface area contributed by atoms with Crippen molar-refractivity contribution in [2.75, 3.05) is 26.7 Å². The summed E-state index contributed by atoms with van der Waals surface area (Å²) in [7, 11) is -0.633. The smallest absolute Gasteiger partial charge is 0.267 e. The van der Waals surface area contributed by atoms with E-state index in [0.717, 1.165) is 5.56 Å². The van der Waals surface area contributed by atoms with Crippen molar-refractivity contribution in [1.82, 2.24) is 19.5 Å². The van der Waals surface area contributed by atoms with Crippen LogP contribution in [0.2, 0.25) is 5.02 Å². The van der Waals surface area contributed by atoms with Crippen LogP contribution < -0.4 is 10.6 Å². The maximum absolute atomic E-state index is 13.3. The molecule has 1 aliphatic heterocycles. The van der Waals surface area contributed by atoms with E-state index in [4.69, 9.17) is 11.6 Å². The Kier molecular flexibility index (Phi) is 5.38. The van der Waals surface area contributed by atoms with Crippen molar-refractivity contribution in [3.63, 3.8) is 0 Å². The Morgan fingerprint density at radius 1 is 1.35 bits per heavy atom. The molecule has 0 radical (unpaired) electrons. The van der Waals surface area contributed by atoms with E-state index in [0.29, 0.717) is 24.7 Å². The van der Waals surface area contributed by atoms with Gasteiger partial charge in [-0.25, -0.2) is 8.42 Å². The maximum Gasteiger partial charge on any atom is 0.267 e. The standard InChI is InChI=1S/C17H21ClN4O3S/c1-19-17(23)15-9-12(11-21(15)2)26(24,25)22-8-7-20-10-16(22)13-5-3-4-6-14(13)18/h3-6,9,11,16,20H,7-8,10H2,1-2H3,(H,19,23). The predicted octanol–water partition coefficient (Wildman–Crippen LogP) is 1.37. The minimum Gasteiger partial charge on any atom is -0.354 e. The first-order valence-corrected chi connectivity index (χ1v) is 10.0. The molecule has 0 bridgehead atoms. The van der Waals surface area contributed by atoms with Gasteiger partial charge in [0.15, 0.2) is 0 Å². The highest BCUT2D eigenvalue weighted by Crippen LogP contribution is 2.33. The summed E-state index contributed by atoms with van der Waals surface area (Å²) in [6, 6.07) is 8.23. The van der Waals surface area contributed by atoms with Crippen LogP contribution in [-0.4, -0.2) is 49.9 Å². The van der Waals surface area contributed by atoms with Crippen molar-refractivity contribution in [2.45, 2.75) is 10.9 Å². The van der Waals surface area contributed by atoms with E-state index in [1.54, 1.807) is 13.1 Å². The first-order valence-electron chi connectivity index (χ1n) is 8.21. The van der Waals surface area contributed by atoms with Crippen LogP contribution in [0, 0.1) is 0 Å². The van der Waals surface area contributed by atoms with Gasteiger partial charge in [-0.3, -0.25) is 4.79 Å². The summed E-state index contributed by atoms with van der Waals surface area (Å²) in [4.78, 5) is 12.0. The van der Waals surface area contributed by atoms with Gasteiger partial charge in [0, 0.05) is 44.9 Å². The van der Waals surface area contributed by atoms with Crippen molar-refractivity contribution in [2.24, 2.45) is 7.05 Å². The van der Waals surface area contributed by atoms with Crippen molar-refractivity contribution < 1.29 is 13.2 Å². The highest BCUT2D eigenvalue weighted by atomic mass is 35.5. The molecule has 1 aromatic carbocycles. The van der Waals surface area contributed by atoms with Gasteiger partial charge in [-0.1, -0.05) is 29.8 Å². The number of halogens is 1. The molecule has 26 heavy (non-hydrogen) atoms. The molecule has 2 aromatic rings. The molecule has 1 amide bonds. The molecule has 0 aliphatic carbocycles. The number of nitrogens with zero attached hydrogens (tertiary/aromatic N) is 2. The molecule has 1 unspecified atom stereocenters. The number of nitrogens with one attached hydrogen (secondary N) is 2. The molecule has 1 aromatic heterocycles. The van der Waals surface area contributed by atoms with E-state index in [1.165, 1.54) is 28.2 Å². The number of amides is 1. The SMILES string of the molecule is CNC(=O)c1cc(S(=O)(=O)N2CCNCC2c2ccccc2Cl)cn1C. The van der Waals surface area contributed by atoms with Gasteiger partial charge < -0.3 is 15.2 Å².